The van der Waals surface area contributed by atoms with Crippen molar-refractivity contribution in [3.63, 3.8) is 0 Å². The second-order valence-corrected chi connectivity index (χ2v) is 16.0. The van der Waals surface area contributed by atoms with E-state index >= 15 is 0 Å². The lowest BCUT2D eigenvalue weighted by atomic mass is 10.0. The SMILES string of the molecule is CCc1nc2c(cnn2CC)c(NC2CCOCC2)c1COC1CCN(C(=O)c2cccc(C(=O)NCc3cccc(-c4cccc(CN5CCNCC5)c4)c3)c2)CC1. The number of aryl methyl sites for hydroxylation is 2. The average molecular weight is 799 g/mol. The summed E-state index contributed by atoms with van der Waals surface area (Å²) in [7, 11) is 0. The third kappa shape index (κ3) is 9.84. The maximum absolute atomic E-state index is 13.7. The van der Waals surface area contributed by atoms with Gasteiger partial charge in [0.2, 0.25) is 0 Å². The first-order valence-electron chi connectivity index (χ1n) is 21.6. The minimum Gasteiger partial charge on any atom is -0.381 e. The summed E-state index contributed by atoms with van der Waals surface area (Å²) in [4.78, 5) is 36.5. The number of hydrogen-bond donors (Lipinski definition) is 3. The molecule has 0 aliphatic carbocycles. The van der Waals surface area contributed by atoms with Gasteiger partial charge >= 0.3 is 0 Å². The zero-order chi connectivity index (χ0) is 40.6. The van der Waals surface area contributed by atoms with Crippen molar-refractivity contribution < 1.29 is 19.1 Å². The molecule has 3 N–H and O–H groups in total. The molecule has 5 aromatic rings. The second-order valence-electron chi connectivity index (χ2n) is 16.0. The van der Waals surface area contributed by atoms with Gasteiger partial charge in [0, 0.05) is 94.8 Å². The number of benzene rings is 3. The first-order chi connectivity index (χ1) is 28.9. The average Bonchev–Trinajstić information content (AvgIpc) is 3.71. The van der Waals surface area contributed by atoms with Crippen LogP contribution in [-0.2, 0) is 42.1 Å². The Morgan fingerprint density at radius 1 is 0.864 bits per heavy atom. The van der Waals surface area contributed by atoms with E-state index in [9.17, 15) is 9.59 Å². The molecule has 2 aromatic heterocycles. The van der Waals surface area contributed by atoms with Gasteiger partial charge in [-0.05, 0) is 91.6 Å². The van der Waals surface area contributed by atoms with Gasteiger partial charge in [0.15, 0.2) is 5.65 Å². The van der Waals surface area contributed by atoms with Gasteiger partial charge in [0.1, 0.15) is 0 Å². The molecule has 5 heterocycles. The van der Waals surface area contributed by atoms with Crippen LogP contribution in [0.1, 0.15) is 82.6 Å². The lowest BCUT2D eigenvalue weighted by Crippen LogP contribution is -2.42. The minimum absolute atomic E-state index is 0.0191. The molecule has 0 radical (unpaired) electrons. The van der Waals surface area contributed by atoms with Crippen molar-refractivity contribution in [1.82, 2.24) is 35.2 Å². The number of rotatable bonds is 14. The third-order valence-corrected chi connectivity index (χ3v) is 12.0. The molecule has 3 saturated heterocycles. The molecule has 12 nitrogen and oxygen atoms in total. The summed E-state index contributed by atoms with van der Waals surface area (Å²) < 4.78 is 14.2. The molecular formula is C47H58N8O4. The van der Waals surface area contributed by atoms with E-state index in [-0.39, 0.29) is 17.9 Å². The van der Waals surface area contributed by atoms with Crippen LogP contribution in [0, 0.1) is 0 Å². The molecule has 3 aliphatic rings. The summed E-state index contributed by atoms with van der Waals surface area (Å²) in [5.41, 5.74) is 9.69. The fourth-order valence-corrected chi connectivity index (χ4v) is 8.59. The number of aromatic nitrogens is 3. The molecule has 8 rings (SSSR count). The van der Waals surface area contributed by atoms with Gasteiger partial charge in [-0.3, -0.25) is 14.5 Å². The number of carbonyl (C=O) groups excluding carboxylic acids is 2. The number of nitrogens with one attached hydrogen (secondary N) is 3. The summed E-state index contributed by atoms with van der Waals surface area (Å²) in [6.45, 7) is 13.6. The van der Waals surface area contributed by atoms with Crippen LogP contribution in [0.15, 0.2) is 79.0 Å². The van der Waals surface area contributed by atoms with Gasteiger partial charge in [-0.15, -0.1) is 0 Å². The molecule has 0 saturated carbocycles. The number of piperazine rings is 1. The standard InChI is InChI=1S/C47H58N8O4/c1-3-43-42(44(51-39-16-24-58-25-17-39)41-30-50-55(4-2)45(41)52-43)32-59-40-14-20-54(21-15-40)47(57)38-13-7-12-37(28-38)46(56)49-29-33-8-5-10-35(26-33)36-11-6-9-34(27-36)31-53-22-18-48-19-23-53/h5-13,26-28,30,39-40,48H,3-4,14-25,29,31-32H2,1-2H3,(H,49,56)(H,51,52). The van der Waals surface area contributed by atoms with E-state index in [1.54, 1.807) is 24.3 Å². The van der Waals surface area contributed by atoms with Gasteiger partial charge < -0.3 is 30.3 Å². The topological polar surface area (TPSA) is 126 Å². The predicted octanol–water partition coefficient (Wildman–Crippen LogP) is 6.43. The summed E-state index contributed by atoms with van der Waals surface area (Å²) >= 11 is 0. The van der Waals surface area contributed by atoms with Crippen LogP contribution in [0.25, 0.3) is 22.2 Å². The zero-order valence-electron chi connectivity index (χ0n) is 34.6. The molecule has 0 unspecified atom stereocenters. The van der Waals surface area contributed by atoms with E-state index in [0.717, 1.165) is 124 Å². The Morgan fingerprint density at radius 2 is 1.58 bits per heavy atom. The van der Waals surface area contributed by atoms with Crippen LogP contribution < -0.4 is 16.0 Å². The van der Waals surface area contributed by atoms with Crippen LogP contribution in [0.2, 0.25) is 0 Å². The summed E-state index contributed by atoms with van der Waals surface area (Å²) in [6, 6.07) is 24.4. The van der Waals surface area contributed by atoms with Crippen molar-refractivity contribution in [2.45, 2.75) is 84.3 Å². The van der Waals surface area contributed by atoms with Crippen LogP contribution in [0.5, 0.6) is 0 Å². The van der Waals surface area contributed by atoms with Crippen molar-refractivity contribution >= 4 is 28.5 Å². The van der Waals surface area contributed by atoms with E-state index in [0.29, 0.717) is 43.4 Å². The smallest absolute Gasteiger partial charge is 0.253 e. The maximum atomic E-state index is 13.7. The summed E-state index contributed by atoms with van der Waals surface area (Å²) in [6.07, 6.45) is 6.11. The normalized spacial score (nSPS) is 17.0. The fraction of sp³-hybridized carbons (Fsp3) is 0.447. The van der Waals surface area contributed by atoms with Crippen molar-refractivity contribution in [1.29, 1.82) is 0 Å². The van der Waals surface area contributed by atoms with Crippen molar-refractivity contribution in [3.05, 3.63) is 113 Å². The van der Waals surface area contributed by atoms with Crippen LogP contribution >= 0.6 is 0 Å². The minimum atomic E-state index is -0.206. The highest BCUT2D eigenvalue weighted by molar-refractivity contribution is 5.99. The van der Waals surface area contributed by atoms with E-state index in [1.807, 2.05) is 27.9 Å². The van der Waals surface area contributed by atoms with Crippen LogP contribution in [0.4, 0.5) is 5.69 Å². The van der Waals surface area contributed by atoms with Crippen LogP contribution in [0.3, 0.4) is 0 Å². The highest BCUT2D eigenvalue weighted by Gasteiger charge is 2.27. The Morgan fingerprint density at radius 3 is 2.32 bits per heavy atom. The molecule has 2 amide bonds. The number of amides is 2. The Balaban J connectivity index is 0.856. The van der Waals surface area contributed by atoms with Gasteiger partial charge in [0.05, 0.1) is 35.7 Å². The molecule has 12 heteroatoms. The quantitative estimate of drug-likeness (QED) is 0.117. The van der Waals surface area contributed by atoms with Gasteiger partial charge in [-0.1, -0.05) is 49.4 Å². The Hall–Kier alpha value is -5.14. The van der Waals surface area contributed by atoms with E-state index in [4.69, 9.17) is 14.5 Å². The lowest BCUT2D eigenvalue weighted by Gasteiger charge is -2.32. The number of piperidine rings is 1. The molecule has 310 valence electrons. The Kier molecular flexibility index (Phi) is 13.3. The molecule has 3 aromatic carbocycles. The molecule has 0 atom stereocenters. The maximum Gasteiger partial charge on any atom is 0.253 e. The summed E-state index contributed by atoms with van der Waals surface area (Å²) in [5, 5.41) is 16.0. The van der Waals surface area contributed by atoms with E-state index < -0.39 is 0 Å². The molecule has 0 spiro atoms. The number of anilines is 1. The van der Waals surface area contributed by atoms with Crippen LogP contribution in [-0.4, -0.2) is 101 Å². The molecule has 0 bridgehead atoms. The number of carbonyl (C=O) groups is 2. The number of ether oxygens (including phenoxy) is 2. The molecule has 59 heavy (non-hydrogen) atoms. The fourth-order valence-electron chi connectivity index (χ4n) is 8.59. The monoisotopic (exact) mass is 798 g/mol. The highest BCUT2D eigenvalue weighted by Crippen LogP contribution is 2.33. The number of pyridine rings is 1. The van der Waals surface area contributed by atoms with E-state index in [2.05, 4.69) is 76.2 Å². The molecule has 3 aliphatic heterocycles. The third-order valence-electron chi connectivity index (χ3n) is 12.0. The van der Waals surface area contributed by atoms with Gasteiger partial charge in [0.25, 0.3) is 11.8 Å². The van der Waals surface area contributed by atoms with Crippen molar-refractivity contribution in [2.75, 3.05) is 57.8 Å². The number of fused-ring (bicyclic) bond motifs is 1. The first-order valence-corrected chi connectivity index (χ1v) is 21.6. The summed E-state index contributed by atoms with van der Waals surface area (Å²) in [5.74, 6) is -0.272. The largest absolute Gasteiger partial charge is 0.381 e. The number of likely N-dealkylation sites (tertiary alicyclic amines) is 1. The van der Waals surface area contributed by atoms with Crippen molar-refractivity contribution in [2.24, 2.45) is 0 Å². The van der Waals surface area contributed by atoms with Gasteiger partial charge in [-0.2, -0.15) is 5.10 Å². The van der Waals surface area contributed by atoms with E-state index in [1.165, 1.54) is 11.1 Å². The zero-order valence-corrected chi connectivity index (χ0v) is 34.6. The molecular weight excluding hydrogens is 741 g/mol. The second kappa shape index (κ2) is 19.3. The lowest BCUT2D eigenvalue weighted by molar-refractivity contribution is -0.000497. The van der Waals surface area contributed by atoms with Gasteiger partial charge in [-0.25, -0.2) is 9.67 Å². The first kappa shape index (κ1) is 40.6. The highest BCUT2D eigenvalue weighted by atomic mass is 16.5. The molecule has 3 fully saturated rings. The predicted molar refractivity (Wildman–Crippen MR) is 231 cm³/mol. The van der Waals surface area contributed by atoms with Crippen molar-refractivity contribution in [3.8, 4) is 11.1 Å². The Bertz CT molecular complexity index is 2220. The number of hydrogen-bond acceptors (Lipinski definition) is 9. The Labute approximate surface area is 347 Å². The number of nitrogens with zero attached hydrogens (tertiary/aromatic N) is 5.